The summed E-state index contributed by atoms with van der Waals surface area (Å²) in [5.74, 6) is 1.02. The number of anilines is 1. The monoisotopic (exact) mass is 334 g/mol. The molecule has 0 aliphatic heterocycles. The number of hydrogen-bond acceptors (Lipinski definition) is 6. The molecule has 0 bridgehead atoms. The highest BCUT2D eigenvalue weighted by Gasteiger charge is 2.11. The van der Waals surface area contributed by atoms with E-state index >= 15 is 0 Å². The van der Waals surface area contributed by atoms with Crippen LogP contribution >= 0.6 is 11.3 Å². The number of benzene rings is 1. The molecule has 3 N–H and O–H groups in total. The van der Waals surface area contributed by atoms with Crippen LogP contribution < -0.4 is 15.8 Å². The molecule has 0 fully saturated rings. The molecule has 0 saturated carbocycles. The van der Waals surface area contributed by atoms with E-state index in [0.717, 1.165) is 22.7 Å². The number of nitrogens with one attached hydrogen (secondary N) is 1. The lowest BCUT2D eigenvalue weighted by Crippen LogP contribution is -2.30. The Kier molecular flexibility index (Phi) is 6.34. The normalized spacial score (nSPS) is 11.9. The number of carbonyl (C=O) groups excluding carboxylic acids is 1. The number of amides is 1. The van der Waals surface area contributed by atoms with Crippen LogP contribution in [0.4, 0.5) is 5.13 Å². The lowest BCUT2D eigenvalue weighted by molar-refractivity contribution is -0.123. The van der Waals surface area contributed by atoms with Gasteiger partial charge in [0.1, 0.15) is 10.8 Å². The number of nitrogen functional groups attached to an aromatic ring is 1. The Labute approximate surface area is 140 Å². The second-order valence-electron chi connectivity index (χ2n) is 5.27. The van der Waals surface area contributed by atoms with Gasteiger partial charge in [0.15, 0.2) is 6.61 Å². The number of rotatable bonds is 8. The maximum atomic E-state index is 11.9. The lowest BCUT2D eigenvalue weighted by Gasteiger charge is -2.15. The molecule has 1 heterocycles. The minimum absolute atomic E-state index is 0.00566. The Hall–Kier alpha value is -2.15. The van der Waals surface area contributed by atoms with E-state index in [9.17, 15) is 4.79 Å². The van der Waals surface area contributed by atoms with Crippen molar-refractivity contribution in [2.24, 2.45) is 0 Å². The van der Waals surface area contributed by atoms with Crippen LogP contribution in [0.1, 0.15) is 36.8 Å². The van der Waals surface area contributed by atoms with Crippen LogP contribution in [0.25, 0.3) is 0 Å². The predicted octanol–water partition coefficient (Wildman–Crippen LogP) is 2.37. The van der Waals surface area contributed by atoms with Crippen LogP contribution in [-0.4, -0.2) is 29.3 Å². The summed E-state index contributed by atoms with van der Waals surface area (Å²) in [6.07, 6.45) is 1.64. The molecule has 0 aliphatic rings. The van der Waals surface area contributed by atoms with Gasteiger partial charge in [0.25, 0.3) is 5.91 Å². The van der Waals surface area contributed by atoms with E-state index in [1.165, 1.54) is 11.3 Å². The van der Waals surface area contributed by atoms with Crippen LogP contribution in [-0.2, 0) is 11.2 Å². The molecule has 0 unspecified atom stereocenters. The van der Waals surface area contributed by atoms with Gasteiger partial charge in [-0.3, -0.25) is 4.79 Å². The Balaban J connectivity index is 1.78. The van der Waals surface area contributed by atoms with Crippen molar-refractivity contribution in [2.75, 3.05) is 18.9 Å². The maximum Gasteiger partial charge on any atom is 0.257 e. The van der Waals surface area contributed by atoms with Crippen LogP contribution in [0.2, 0.25) is 0 Å². The van der Waals surface area contributed by atoms with Gasteiger partial charge in [-0.05, 0) is 24.0 Å². The van der Waals surface area contributed by atoms with Gasteiger partial charge in [0, 0.05) is 13.0 Å². The number of ether oxygens (including phenoxy) is 1. The average Bonchev–Trinajstić information content (AvgIpc) is 2.98. The van der Waals surface area contributed by atoms with E-state index in [0.29, 0.717) is 24.0 Å². The van der Waals surface area contributed by atoms with Gasteiger partial charge in [0.2, 0.25) is 5.13 Å². The van der Waals surface area contributed by atoms with Crippen LogP contribution in [0, 0.1) is 0 Å². The Morgan fingerprint density at radius 3 is 2.87 bits per heavy atom. The van der Waals surface area contributed by atoms with E-state index in [1.807, 2.05) is 24.3 Å². The molecular weight excluding hydrogens is 312 g/mol. The second-order valence-corrected chi connectivity index (χ2v) is 6.36. The first kappa shape index (κ1) is 17.2. The third-order valence-electron chi connectivity index (χ3n) is 3.56. The molecule has 2 aromatic rings. The van der Waals surface area contributed by atoms with Crippen molar-refractivity contribution in [3.05, 3.63) is 34.8 Å². The molecule has 7 heteroatoms. The number of aromatic nitrogens is 2. The summed E-state index contributed by atoms with van der Waals surface area (Å²) in [5.41, 5.74) is 6.64. The van der Waals surface area contributed by atoms with Crippen LogP contribution in [0.5, 0.6) is 5.75 Å². The van der Waals surface area contributed by atoms with E-state index in [1.54, 1.807) is 0 Å². The number of nitrogens with two attached hydrogens (primary N) is 1. The minimum Gasteiger partial charge on any atom is -0.483 e. The van der Waals surface area contributed by atoms with Crippen molar-refractivity contribution >= 4 is 22.4 Å². The third kappa shape index (κ3) is 5.21. The van der Waals surface area contributed by atoms with Gasteiger partial charge in [-0.1, -0.05) is 43.4 Å². The van der Waals surface area contributed by atoms with Crippen molar-refractivity contribution in [2.45, 2.75) is 32.6 Å². The summed E-state index contributed by atoms with van der Waals surface area (Å²) in [6, 6.07) is 7.85. The Morgan fingerprint density at radius 2 is 2.17 bits per heavy atom. The fourth-order valence-corrected chi connectivity index (χ4v) is 2.72. The maximum absolute atomic E-state index is 11.9. The molecule has 0 aliphatic carbocycles. The van der Waals surface area contributed by atoms with E-state index in [2.05, 4.69) is 29.4 Å². The first-order valence-electron chi connectivity index (χ1n) is 7.66. The zero-order chi connectivity index (χ0) is 16.7. The van der Waals surface area contributed by atoms with Crippen LogP contribution in [0.15, 0.2) is 24.3 Å². The number of hydrogen-bond donors (Lipinski definition) is 2. The molecule has 2 rings (SSSR count). The van der Waals surface area contributed by atoms with Crippen molar-refractivity contribution in [1.82, 2.24) is 15.5 Å². The molecule has 0 radical (unpaired) electrons. The molecule has 23 heavy (non-hydrogen) atoms. The molecule has 1 aromatic heterocycles. The van der Waals surface area contributed by atoms with Crippen molar-refractivity contribution in [3.63, 3.8) is 0 Å². The highest BCUT2D eigenvalue weighted by Crippen LogP contribution is 2.28. The standard InChI is InChI=1S/C16H22N4O2S/c1-3-11(2)12-6-4-5-7-13(12)22-10-14(21)18-9-8-15-19-20-16(17)23-15/h4-7,11H,3,8-10H2,1-2H3,(H2,17,20)(H,18,21)/t11-/m1/s1. The van der Waals surface area contributed by atoms with Crippen molar-refractivity contribution in [1.29, 1.82) is 0 Å². The molecule has 6 nitrogen and oxygen atoms in total. The van der Waals surface area contributed by atoms with Gasteiger partial charge in [-0.15, -0.1) is 10.2 Å². The predicted molar refractivity (Wildman–Crippen MR) is 91.7 cm³/mol. The summed E-state index contributed by atoms with van der Waals surface area (Å²) in [5, 5.41) is 11.7. The molecular formula is C16H22N4O2S. The van der Waals surface area contributed by atoms with Gasteiger partial charge < -0.3 is 15.8 Å². The highest BCUT2D eigenvalue weighted by molar-refractivity contribution is 7.15. The fraction of sp³-hybridized carbons (Fsp3) is 0.438. The number of nitrogens with zero attached hydrogens (tertiary/aromatic N) is 2. The first-order chi connectivity index (χ1) is 11.1. The topological polar surface area (TPSA) is 90.1 Å². The molecule has 1 atom stereocenters. The van der Waals surface area contributed by atoms with Gasteiger partial charge in [0.05, 0.1) is 0 Å². The van der Waals surface area contributed by atoms with Gasteiger partial charge in [-0.2, -0.15) is 0 Å². The van der Waals surface area contributed by atoms with E-state index < -0.39 is 0 Å². The zero-order valence-corrected chi connectivity index (χ0v) is 14.2. The smallest absolute Gasteiger partial charge is 0.257 e. The molecule has 124 valence electrons. The van der Waals surface area contributed by atoms with Gasteiger partial charge >= 0.3 is 0 Å². The molecule has 1 amide bonds. The molecule has 1 aromatic carbocycles. The summed E-state index contributed by atoms with van der Waals surface area (Å²) < 4.78 is 5.67. The Bertz CT molecular complexity index is 645. The highest BCUT2D eigenvalue weighted by atomic mass is 32.1. The minimum atomic E-state index is -0.151. The number of carbonyl (C=O) groups is 1. The summed E-state index contributed by atoms with van der Waals surface area (Å²) in [6.45, 7) is 4.78. The Morgan fingerprint density at radius 1 is 1.39 bits per heavy atom. The van der Waals surface area contributed by atoms with Crippen LogP contribution in [0.3, 0.4) is 0 Å². The van der Waals surface area contributed by atoms with E-state index in [4.69, 9.17) is 10.5 Å². The fourth-order valence-electron chi connectivity index (χ4n) is 2.11. The lowest BCUT2D eigenvalue weighted by atomic mass is 9.98. The van der Waals surface area contributed by atoms with E-state index in [-0.39, 0.29) is 12.5 Å². The molecule has 0 spiro atoms. The van der Waals surface area contributed by atoms with Crippen molar-refractivity contribution < 1.29 is 9.53 Å². The van der Waals surface area contributed by atoms with Gasteiger partial charge in [-0.25, -0.2) is 0 Å². The third-order valence-corrected chi connectivity index (χ3v) is 4.38. The second kappa shape index (κ2) is 8.47. The summed E-state index contributed by atoms with van der Waals surface area (Å²) in [7, 11) is 0. The zero-order valence-electron chi connectivity index (χ0n) is 13.4. The number of para-hydroxylation sites is 1. The summed E-state index contributed by atoms with van der Waals surface area (Å²) in [4.78, 5) is 11.9. The quantitative estimate of drug-likeness (QED) is 0.773. The summed E-state index contributed by atoms with van der Waals surface area (Å²) >= 11 is 1.33. The largest absolute Gasteiger partial charge is 0.483 e. The SMILES string of the molecule is CC[C@@H](C)c1ccccc1OCC(=O)NCCc1nnc(N)s1. The average molecular weight is 334 g/mol. The van der Waals surface area contributed by atoms with Crippen molar-refractivity contribution in [3.8, 4) is 5.75 Å². The first-order valence-corrected chi connectivity index (χ1v) is 8.48. The molecule has 0 saturated heterocycles.